The summed E-state index contributed by atoms with van der Waals surface area (Å²) in [5.74, 6) is -1.71. The molecule has 4 heteroatoms. The lowest BCUT2D eigenvalue weighted by molar-refractivity contribution is 0.589. The van der Waals surface area contributed by atoms with Crippen molar-refractivity contribution < 1.29 is 41.1 Å². The van der Waals surface area contributed by atoms with Crippen LogP contribution in [0.3, 0.4) is 0 Å². The molecule has 0 saturated carbocycles. The summed E-state index contributed by atoms with van der Waals surface area (Å²) < 4.78 is 301. The van der Waals surface area contributed by atoms with Gasteiger partial charge in [-0.05, 0) is 196 Å². The van der Waals surface area contributed by atoms with Gasteiger partial charge in [0.25, 0.3) is 0 Å². The van der Waals surface area contributed by atoms with Gasteiger partial charge < -0.3 is 18.9 Å². The second-order valence-electron chi connectivity index (χ2n) is 32.4. The Morgan fingerprint density at radius 1 is 0.301 bits per heavy atom. The zero-order valence-electron chi connectivity index (χ0n) is 93.3. The molecule has 4 aliphatic rings. The van der Waals surface area contributed by atoms with Crippen LogP contribution < -0.4 is 9.80 Å². The maximum Gasteiger partial charge on any atom is 0.0667 e. The van der Waals surface area contributed by atoms with Crippen molar-refractivity contribution in [1.82, 2.24) is 9.13 Å². The molecule has 0 atom stereocenters. The van der Waals surface area contributed by atoms with E-state index in [0.717, 1.165) is 11.1 Å². The van der Waals surface area contributed by atoms with Crippen molar-refractivity contribution in [2.45, 2.75) is 97.3 Å². The number of hydrogen-bond acceptors (Lipinski definition) is 2. The third-order valence-corrected chi connectivity index (χ3v) is 22.5. The highest BCUT2D eigenvalue weighted by Gasteiger charge is 2.46. The van der Waals surface area contributed by atoms with E-state index in [1.807, 2.05) is 164 Å². The minimum absolute atomic E-state index is 0.0600. The Morgan fingerprint density at radius 2 is 0.637 bits per heavy atom. The highest BCUT2D eigenvalue weighted by molar-refractivity contribution is 6.09. The summed E-state index contributed by atoms with van der Waals surface area (Å²) in [5.41, 5.74) is 0.761. The van der Waals surface area contributed by atoms with Gasteiger partial charge in [-0.2, -0.15) is 0 Å². The molecule has 15 aromatic carbocycles. The topological polar surface area (TPSA) is 16.3 Å². The van der Waals surface area contributed by atoms with Crippen LogP contribution in [0.4, 0.5) is 34.1 Å². The maximum atomic E-state index is 12.1. The summed E-state index contributed by atoms with van der Waals surface area (Å²) in [7, 11) is 0. The van der Waals surface area contributed by atoms with Gasteiger partial charge >= 0.3 is 0 Å². The minimum Gasteiger partial charge on any atom is -0.313 e. The van der Waals surface area contributed by atoms with Crippen molar-refractivity contribution in [1.29, 1.82) is 0 Å². The van der Waals surface area contributed by atoms with E-state index in [2.05, 4.69) is 65.8 Å². The Bertz CT molecular complexity index is 7960. The molecule has 0 saturated heterocycles. The third-order valence-electron chi connectivity index (χ3n) is 22.5. The predicted octanol–water partition coefficient (Wildman–Crippen LogP) is 29.4. The molecule has 0 fully saturated rings. The first-order valence-corrected chi connectivity index (χ1v) is 37.8. The molecule has 21 rings (SSSR count). The Kier molecular flexibility index (Phi) is 9.94. The van der Waals surface area contributed by atoms with Crippen LogP contribution in [0.25, 0.3) is 122 Å². The number of nitrogens with zero attached hydrogens (tertiary/aromatic N) is 4. The molecule has 4 heterocycles. The second-order valence-corrected chi connectivity index (χ2v) is 32.4. The molecule has 2 aliphatic heterocycles. The van der Waals surface area contributed by atoms with Crippen LogP contribution in [0.2, 0.25) is 0 Å². The summed E-state index contributed by atoms with van der Waals surface area (Å²) >= 11 is 0. The van der Waals surface area contributed by atoms with Gasteiger partial charge in [0.1, 0.15) is 0 Å². The van der Waals surface area contributed by atoms with Crippen molar-refractivity contribution in [3.8, 4) is 100 Å². The predicted molar refractivity (Wildman–Crippen MR) is 476 cm³/mol. The molecule has 0 unspecified atom stereocenters. The number of para-hydroxylation sites is 2. The molecule has 544 valence electrons. The Morgan fingerprint density at radius 3 is 0.991 bits per heavy atom. The number of rotatable bonds is 10. The summed E-state index contributed by atoms with van der Waals surface area (Å²) in [6.07, 6.45) is -1.02. The lowest BCUT2D eigenvalue weighted by Gasteiger charge is -2.47. The first-order valence-electron chi connectivity index (χ1n) is 52.8. The summed E-state index contributed by atoms with van der Waals surface area (Å²) in [6, 6.07) is 28.4. The monoisotopic (exact) mass is 1480 g/mol. The maximum absolute atomic E-state index is 12.1. The molecule has 4 nitrogen and oxygen atoms in total. The van der Waals surface area contributed by atoms with Gasteiger partial charge in [-0.1, -0.05) is 317 Å². The van der Waals surface area contributed by atoms with Crippen LogP contribution in [0.15, 0.2) is 339 Å². The van der Waals surface area contributed by atoms with E-state index in [0.29, 0.717) is 67.0 Å². The number of anilines is 6. The smallest absolute Gasteiger partial charge is 0.0667 e. The number of hydrogen-bond donors (Lipinski definition) is 0. The zero-order chi connectivity index (χ0) is 102. The van der Waals surface area contributed by atoms with Gasteiger partial charge in [0.15, 0.2) is 0 Å². The van der Waals surface area contributed by atoms with Crippen LogP contribution in [0, 0.1) is 0 Å². The van der Waals surface area contributed by atoms with Crippen LogP contribution >= 0.6 is 0 Å². The van der Waals surface area contributed by atoms with Gasteiger partial charge in [-0.25, -0.2) is 0 Å². The van der Waals surface area contributed by atoms with E-state index >= 15 is 0 Å². The molecular weight excluding hydrogens is 1370 g/mol. The normalized spacial score (nSPS) is 17.1. The van der Waals surface area contributed by atoms with E-state index in [1.54, 1.807) is 0 Å². The van der Waals surface area contributed by atoms with Crippen molar-refractivity contribution in [3.05, 3.63) is 395 Å². The van der Waals surface area contributed by atoms with Crippen LogP contribution in [-0.2, 0) is 29.1 Å². The number of aromatic nitrogens is 2. The van der Waals surface area contributed by atoms with Crippen molar-refractivity contribution >= 4 is 55.9 Å². The molecule has 0 radical (unpaired) electrons. The average molecular weight is 1480 g/mol. The number of fused-ring (bicyclic) bond motifs is 14. The first-order chi connectivity index (χ1) is 67.5. The molecule has 0 bridgehead atoms. The summed E-state index contributed by atoms with van der Waals surface area (Å²) in [5, 5.41) is -0.602. The molecule has 0 amide bonds. The zero-order valence-corrected chi connectivity index (χ0v) is 63.3. The Hall–Kier alpha value is -13.0. The Balaban J connectivity index is 0.983. The first kappa shape index (κ1) is 43.5. The molecule has 0 spiro atoms. The van der Waals surface area contributed by atoms with Crippen LogP contribution in [-0.4, -0.2) is 9.13 Å². The van der Waals surface area contributed by atoms with E-state index < -0.39 is 250 Å². The lowest BCUT2D eigenvalue weighted by Crippen LogP contribution is -2.31. The molecule has 17 aromatic rings. The quantitative estimate of drug-likeness (QED) is 0.136. The van der Waals surface area contributed by atoms with E-state index in [4.69, 9.17) is 8.22 Å². The third kappa shape index (κ3) is 11.0. The van der Waals surface area contributed by atoms with Gasteiger partial charge in [0.05, 0.1) is 86.3 Å². The Labute approximate surface area is 706 Å². The van der Waals surface area contributed by atoms with E-state index in [9.17, 15) is 32.9 Å². The van der Waals surface area contributed by atoms with Gasteiger partial charge in [-0.3, -0.25) is 0 Å². The highest BCUT2D eigenvalue weighted by Crippen LogP contribution is 2.66. The largest absolute Gasteiger partial charge is 0.313 e. The molecule has 2 aliphatic carbocycles. The van der Waals surface area contributed by atoms with Gasteiger partial charge in [0.2, 0.25) is 0 Å². The van der Waals surface area contributed by atoms with E-state index in [-0.39, 0.29) is 100 Å². The minimum atomic E-state index is -1.71. The average Bonchev–Trinajstić information content (AvgIpc) is 1.62. The van der Waals surface area contributed by atoms with Crippen molar-refractivity contribution in [3.63, 3.8) is 0 Å². The summed E-state index contributed by atoms with van der Waals surface area (Å²) in [6.45, 7) is 18.5. The fourth-order valence-corrected chi connectivity index (χ4v) is 17.0. The highest BCUT2D eigenvalue weighted by atomic mass is 15.2. The fourth-order valence-electron chi connectivity index (χ4n) is 17.0. The van der Waals surface area contributed by atoms with Crippen molar-refractivity contribution in [2.75, 3.05) is 9.80 Å². The van der Waals surface area contributed by atoms with Crippen LogP contribution in [0.5, 0.6) is 0 Å². The molecule has 0 N–H and O–H groups in total. The molecule has 2 aromatic heterocycles. The van der Waals surface area contributed by atoms with E-state index in [1.165, 1.54) is 9.13 Å². The lowest BCUT2D eigenvalue weighted by atomic mass is 9.73. The number of benzene rings is 15. The molecule has 113 heavy (non-hydrogen) atoms. The van der Waals surface area contributed by atoms with Crippen LogP contribution in [0.1, 0.15) is 165 Å². The SMILES string of the molecule is [2H]c1c([2H])c([2H])c(-c2c([2H])c([2H])c3c(c2[2H])-c2c(n(-c4c([2H])c([2H])c5c(c4[2H])N(c4c(-c6ccccc6)cc(C(C)(C)C)cc4-c4ccccc4)c4cc(C(C)(C)C)cc6c4C5c4c([2H])c([2H])c(-n5c7c(c8c([2H])c([2H])c([2H])c([2H])c85)-c5c([2H])c(-c8c([2H])c([2H])c([2H])c([2H])c8[2H])c([2H])c([2H])c5C7)c([2H])c4N6c4c(-c5ccccc5)cc(C(C)(C)C)cc4-c4ccccc4)c4c([2H])c([2H])c([2H])c([2H])c24)C3)c([2H])c1[2H]. The van der Waals surface area contributed by atoms with Crippen molar-refractivity contribution in [2.24, 2.45) is 0 Å². The standard InChI is InChI=1S/C109H88N4/c1-107(2,3)78-60-89(70-36-20-12-21-37-70)105(90(61-78)71-38-22-13-23-39-71)112-95-66-81(110-93-46-30-28-44-83(93)101-87-56-74(68-32-16-10-17-33-68)48-50-76(87)58-97(101)110)52-54-85(95)103-86-55-53-82(111-94-47-31-29-45-84(94)102-88-57-75(69-34-18-11-19-35-69)49-51-77(88)59-98(102)111)67-96(86)113(100-65-80(109(7,8)9)64-99(112)104(100)103)106-91(72-40-24-14-25-41-72)62-79(108(4,5)6)63-92(106)73-42-26-15-27-43-73/h10-57,60-67,103H,58-59H2,1-9H3/i10D,11D,16D,17D,18D,19D,28D,29D,30D,31D,32D,33D,34D,35D,44D,45D,46D,47D,48D,49D,50D,51D,52D,53D,54D,55D,56D,57D,66D,67D. The van der Waals surface area contributed by atoms with Gasteiger partial charge in [0, 0.05) is 91.2 Å². The molecular formula is C109H88N4. The van der Waals surface area contributed by atoms with Gasteiger partial charge in [-0.15, -0.1) is 0 Å². The summed E-state index contributed by atoms with van der Waals surface area (Å²) in [4.78, 5) is 3.80. The fraction of sp³-hybridized carbons (Fsp3) is 0.138. The second kappa shape index (κ2) is 25.8.